The maximum absolute atomic E-state index is 6.30. The standard InChI is InChI=1S/C49H39N3O/c1-48(2)27-28-49(3,4)41-29-31(23-26-40(41)48)33-24-25-37(35-17-8-7-16-34(33)35)46-50-45(36-19-11-14-30-13-5-6-15-32(30)36)51-47(52-46)39-20-12-22-43-44(39)38-18-9-10-21-42(38)53-43/h5-26,29H,27-28H2,1-4H3. The molecule has 0 atom stereocenters. The molecule has 0 amide bonds. The number of nitrogens with zero attached hydrogens (tertiary/aromatic N) is 3. The highest BCUT2D eigenvalue weighted by Crippen LogP contribution is 2.48. The number of rotatable bonds is 4. The van der Waals surface area contributed by atoms with Crippen LogP contribution < -0.4 is 0 Å². The SMILES string of the molecule is CC1(C)CCC(C)(C)c2cc(-c3ccc(-c4nc(-c5cccc6ccccc56)nc(-c5cccc6oc7ccccc7c56)n4)c4ccccc34)ccc21. The van der Waals surface area contributed by atoms with Gasteiger partial charge in [-0.05, 0) is 85.7 Å². The molecule has 1 aliphatic rings. The smallest absolute Gasteiger partial charge is 0.164 e. The van der Waals surface area contributed by atoms with Crippen LogP contribution in [0, 0.1) is 0 Å². The molecule has 0 unspecified atom stereocenters. The summed E-state index contributed by atoms with van der Waals surface area (Å²) in [6.07, 6.45) is 2.38. The molecule has 2 aromatic heterocycles. The van der Waals surface area contributed by atoms with Gasteiger partial charge in [0.25, 0.3) is 0 Å². The summed E-state index contributed by atoms with van der Waals surface area (Å²) in [7, 11) is 0. The zero-order valence-corrected chi connectivity index (χ0v) is 30.4. The third-order valence-corrected chi connectivity index (χ3v) is 11.6. The lowest BCUT2D eigenvalue weighted by Gasteiger charge is -2.42. The number of hydrogen-bond acceptors (Lipinski definition) is 4. The highest BCUT2D eigenvalue weighted by atomic mass is 16.3. The van der Waals surface area contributed by atoms with Crippen LogP contribution in [-0.2, 0) is 10.8 Å². The molecule has 0 saturated heterocycles. The van der Waals surface area contributed by atoms with Gasteiger partial charge in [-0.25, -0.2) is 15.0 Å². The van der Waals surface area contributed by atoms with Crippen molar-refractivity contribution in [2.45, 2.75) is 51.4 Å². The number of aromatic nitrogens is 3. The minimum Gasteiger partial charge on any atom is -0.456 e. The van der Waals surface area contributed by atoms with E-state index in [4.69, 9.17) is 19.4 Å². The predicted molar refractivity (Wildman–Crippen MR) is 219 cm³/mol. The summed E-state index contributed by atoms with van der Waals surface area (Å²) in [5, 5.41) is 6.57. The quantitative estimate of drug-likeness (QED) is 0.185. The Labute approximate surface area is 309 Å². The molecule has 0 saturated carbocycles. The van der Waals surface area contributed by atoms with E-state index < -0.39 is 0 Å². The van der Waals surface area contributed by atoms with E-state index in [0.717, 1.165) is 54.8 Å². The summed E-state index contributed by atoms with van der Waals surface area (Å²) in [6, 6.07) is 49.3. The largest absolute Gasteiger partial charge is 0.456 e. The Bertz CT molecular complexity index is 2910. The Balaban J connectivity index is 1.21. The molecule has 1 aliphatic carbocycles. The van der Waals surface area contributed by atoms with Gasteiger partial charge in [0.1, 0.15) is 11.2 Å². The summed E-state index contributed by atoms with van der Waals surface area (Å²) in [5.41, 5.74) is 10.2. The molecular weight excluding hydrogens is 647 g/mol. The van der Waals surface area contributed by atoms with Crippen molar-refractivity contribution in [1.29, 1.82) is 0 Å². The van der Waals surface area contributed by atoms with Gasteiger partial charge in [0.15, 0.2) is 17.5 Å². The first-order chi connectivity index (χ1) is 25.7. The molecule has 0 radical (unpaired) electrons. The zero-order chi connectivity index (χ0) is 35.9. The molecule has 10 rings (SSSR count). The fraction of sp³-hybridized carbons (Fsp3) is 0.163. The van der Waals surface area contributed by atoms with Crippen molar-refractivity contribution in [2.24, 2.45) is 0 Å². The van der Waals surface area contributed by atoms with Crippen LogP contribution in [0.25, 0.3) is 88.8 Å². The summed E-state index contributed by atoms with van der Waals surface area (Å²) in [5.74, 6) is 1.89. The molecule has 0 spiro atoms. The lowest BCUT2D eigenvalue weighted by Crippen LogP contribution is -2.33. The molecule has 7 aromatic carbocycles. The number of benzene rings is 7. The summed E-state index contributed by atoms with van der Waals surface area (Å²) >= 11 is 0. The van der Waals surface area contributed by atoms with Gasteiger partial charge in [-0.1, -0.05) is 149 Å². The highest BCUT2D eigenvalue weighted by molar-refractivity contribution is 6.12. The summed E-state index contributed by atoms with van der Waals surface area (Å²) in [4.78, 5) is 15.8. The Hall–Kier alpha value is -6.13. The zero-order valence-electron chi connectivity index (χ0n) is 30.4. The van der Waals surface area contributed by atoms with Gasteiger partial charge >= 0.3 is 0 Å². The molecule has 0 N–H and O–H groups in total. The normalized spacial score (nSPS) is 14.9. The lowest BCUT2D eigenvalue weighted by atomic mass is 9.63. The molecule has 0 aliphatic heterocycles. The average Bonchev–Trinajstić information content (AvgIpc) is 3.58. The van der Waals surface area contributed by atoms with Gasteiger partial charge in [0.2, 0.25) is 0 Å². The minimum absolute atomic E-state index is 0.124. The molecular formula is C49H39N3O. The molecule has 256 valence electrons. The first kappa shape index (κ1) is 31.6. The number of furan rings is 1. The number of para-hydroxylation sites is 1. The highest BCUT2D eigenvalue weighted by Gasteiger charge is 2.37. The van der Waals surface area contributed by atoms with Crippen molar-refractivity contribution in [2.75, 3.05) is 0 Å². The van der Waals surface area contributed by atoms with Gasteiger partial charge in [-0.2, -0.15) is 0 Å². The van der Waals surface area contributed by atoms with E-state index in [0.29, 0.717) is 17.5 Å². The molecule has 4 heteroatoms. The van der Waals surface area contributed by atoms with Gasteiger partial charge in [-0.3, -0.25) is 0 Å². The first-order valence-corrected chi connectivity index (χ1v) is 18.6. The Morgan fingerprint density at radius 3 is 1.74 bits per heavy atom. The summed E-state index contributed by atoms with van der Waals surface area (Å²) < 4.78 is 6.30. The molecule has 9 aromatic rings. The van der Waals surface area contributed by atoms with Crippen molar-refractivity contribution in [1.82, 2.24) is 15.0 Å². The van der Waals surface area contributed by atoms with E-state index in [1.807, 2.05) is 30.3 Å². The van der Waals surface area contributed by atoms with Crippen molar-refractivity contribution in [3.8, 4) is 45.3 Å². The molecule has 4 nitrogen and oxygen atoms in total. The second-order valence-corrected chi connectivity index (χ2v) is 15.8. The van der Waals surface area contributed by atoms with Crippen LogP contribution in [0.3, 0.4) is 0 Å². The predicted octanol–water partition coefficient (Wildman–Crippen LogP) is 13.1. The second kappa shape index (κ2) is 11.7. The van der Waals surface area contributed by atoms with Crippen LogP contribution in [0.1, 0.15) is 51.7 Å². The van der Waals surface area contributed by atoms with Crippen LogP contribution >= 0.6 is 0 Å². The van der Waals surface area contributed by atoms with Crippen LogP contribution in [0.5, 0.6) is 0 Å². The van der Waals surface area contributed by atoms with Crippen LogP contribution in [0.15, 0.2) is 144 Å². The average molecular weight is 686 g/mol. The van der Waals surface area contributed by atoms with Gasteiger partial charge in [-0.15, -0.1) is 0 Å². The van der Waals surface area contributed by atoms with E-state index in [1.54, 1.807) is 0 Å². The van der Waals surface area contributed by atoms with Crippen molar-refractivity contribution in [3.05, 3.63) is 151 Å². The van der Waals surface area contributed by atoms with Crippen molar-refractivity contribution >= 4 is 43.5 Å². The lowest BCUT2D eigenvalue weighted by molar-refractivity contribution is 0.332. The maximum Gasteiger partial charge on any atom is 0.164 e. The van der Waals surface area contributed by atoms with Crippen molar-refractivity contribution < 1.29 is 4.42 Å². The monoisotopic (exact) mass is 685 g/mol. The molecule has 0 fully saturated rings. The first-order valence-electron chi connectivity index (χ1n) is 18.6. The Morgan fingerprint density at radius 2 is 0.962 bits per heavy atom. The van der Waals surface area contributed by atoms with Crippen molar-refractivity contribution in [3.63, 3.8) is 0 Å². The van der Waals surface area contributed by atoms with Gasteiger partial charge in [0.05, 0.1) is 0 Å². The molecule has 2 heterocycles. The Kier molecular flexibility index (Phi) is 6.97. The third kappa shape index (κ3) is 5.08. The molecule has 0 bridgehead atoms. The molecule has 53 heavy (non-hydrogen) atoms. The van der Waals surface area contributed by atoms with Crippen LogP contribution in [0.2, 0.25) is 0 Å². The van der Waals surface area contributed by atoms with E-state index >= 15 is 0 Å². The number of fused-ring (bicyclic) bond motifs is 6. The van der Waals surface area contributed by atoms with E-state index in [1.165, 1.54) is 40.5 Å². The minimum atomic E-state index is 0.124. The van der Waals surface area contributed by atoms with E-state index in [-0.39, 0.29) is 10.8 Å². The van der Waals surface area contributed by atoms with Gasteiger partial charge < -0.3 is 4.42 Å². The van der Waals surface area contributed by atoms with E-state index in [2.05, 4.69) is 137 Å². The Morgan fingerprint density at radius 1 is 0.434 bits per heavy atom. The van der Waals surface area contributed by atoms with Gasteiger partial charge in [0, 0.05) is 27.5 Å². The maximum atomic E-state index is 6.30. The number of hydrogen-bond donors (Lipinski definition) is 0. The fourth-order valence-electron chi connectivity index (χ4n) is 8.62. The van der Waals surface area contributed by atoms with Crippen LogP contribution in [0.4, 0.5) is 0 Å². The topological polar surface area (TPSA) is 51.8 Å². The summed E-state index contributed by atoms with van der Waals surface area (Å²) in [6.45, 7) is 9.56. The fourth-order valence-corrected chi connectivity index (χ4v) is 8.62. The third-order valence-electron chi connectivity index (χ3n) is 11.6. The second-order valence-electron chi connectivity index (χ2n) is 15.8. The van der Waals surface area contributed by atoms with Crippen LogP contribution in [-0.4, -0.2) is 15.0 Å². The van der Waals surface area contributed by atoms with E-state index in [9.17, 15) is 0 Å².